The number of carbonyl (C=O) groups is 1. The number of ether oxygens (including phenoxy) is 2. The largest absolute Gasteiger partial charge is 0.493 e. The SMILES string of the molecule is COc1ccc(CCN(C)C(=O)CSc2nnc(-c3ccco3)n2-c2cccc(C(F)(F)F)c2)cc1OC. The van der Waals surface area contributed by atoms with Gasteiger partial charge in [-0.25, -0.2) is 0 Å². The van der Waals surface area contributed by atoms with Gasteiger partial charge in [-0.1, -0.05) is 23.9 Å². The molecule has 8 nitrogen and oxygen atoms in total. The molecule has 200 valence electrons. The molecule has 2 aromatic heterocycles. The number of aromatic nitrogens is 3. The molecule has 12 heteroatoms. The molecule has 0 aliphatic carbocycles. The van der Waals surface area contributed by atoms with Gasteiger partial charge in [-0.2, -0.15) is 13.2 Å². The molecule has 0 aliphatic heterocycles. The zero-order valence-electron chi connectivity index (χ0n) is 20.9. The molecular formula is C26H25F3N4O4S. The van der Waals surface area contributed by atoms with E-state index >= 15 is 0 Å². The van der Waals surface area contributed by atoms with Gasteiger partial charge in [-0.15, -0.1) is 10.2 Å². The summed E-state index contributed by atoms with van der Waals surface area (Å²) in [4.78, 5) is 14.5. The average Bonchev–Trinajstić information content (AvgIpc) is 3.59. The maximum atomic E-state index is 13.4. The monoisotopic (exact) mass is 546 g/mol. The number of furan rings is 1. The van der Waals surface area contributed by atoms with E-state index in [0.717, 1.165) is 29.5 Å². The lowest BCUT2D eigenvalue weighted by Crippen LogP contribution is -2.30. The van der Waals surface area contributed by atoms with Crippen LogP contribution in [0.5, 0.6) is 11.5 Å². The fourth-order valence-corrected chi connectivity index (χ4v) is 4.57. The third kappa shape index (κ3) is 6.13. The van der Waals surface area contributed by atoms with Crippen molar-refractivity contribution in [3.05, 3.63) is 72.0 Å². The van der Waals surface area contributed by atoms with Crippen molar-refractivity contribution in [1.82, 2.24) is 19.7 Å². The maximum Gasteiger partial charge on any atom is 0.416 e. The van der Waals surface area contributed by atoms with E-state index in [4.69, 9.17) is 13.9 Å². The topological polar surface area (TPSA) is 82.6 Å². The van der Waals surface area contributed by atoms with Gasteiger partial charge in [0.1, 0.15) is 0 Å². The van der Waals surface area contributed by atoms with E-state index in [-0.39, 0.29) is 28.3 Å². The normalized spacial score (nSPS) is 11.4. The van der Waals surface area contributed by atoms with Crippen molar-refractivity contribution in [3.63, 3.8) is 0 Å². The Hall–Kier alpha value is -3.93. The average molecular weight is 547 g/mol. The van der Waals surface area contributed by atoms with E-state index in [0.29, 0.717) is 30.2 Å². The summed E-state index contributed by atoms with van der Waals surface area (Å²) in [5.74, 6) is 1.63. The van der Waals surface area contributed by atoms with E-state index < -0.39 is 11.7 Å². The number of thioether (sulfide) groups is 1. The second-order valence-corrected chi connectivity index (χ2v) is 9.15. The Bertz CT molecular complexity index is 1390. The fourth-order valence-electron chi connectivity index (χ4n) is 3.68. The molecule has 0 bridgehead atoms. The minimum Gasteiger partial charge on any atom is -0.493 e. The Balaban J connectivity index is 1.49. The number of hydrogen-bond acceptors (Lipinski definition) is 7. The third-order valence-corrected chi connectivity index (χ3v) is 6.65. The van der Waals surface area contributed by atoms with Crippen LogP contribution < -0.4 is 9.47 Å². The summed E-state index contributed by atoms with van der Waals surface area (Å²) in [5, 5.41) is 8.53. The second-order valence-electron chi connectivity index (χ2n) is 8.21. The number of carbonyl (C=O) groups excluding carboxylic acids is 1. The van der Waals surface area contributed by atoms with Crippen LogP contribution >= 0.6 is 11.8 Å². The predicted octanol–water partition coefficient (Wildman–Crippen LogP) is 5.36. The molecule has 0 fully saturated rings. The van der Waals surface area contributed by atoms with Crippen LogP contribution in [0.2, 0.25) is 0 Å². The number of rotatable bonds is 10. The number of methoxy groups -OCH3 is 2. The third-order valence-electron chi connectivity index (χ3n) is 5.74. The Morgan fingerprint density at radius 2 is 1.84 bits per heavy atom. The summed E-state index contributed by atoms with van der Waals surface area (Å²) < 4.78 is 57.6. The highest BCUT2D eigenvalue weighted by Gasteiger charge is 2.31. The first-order valence-corrected chi connectivity index (χ1v) is 12.4. The lowest BCUT2D eigenvalue weighted by Gasteiger charge is -2.18. The number of hydrogen-bond donors (Lipinski definition) is 0. The zero-order chi connectivity index (χ0) is 27.3. The van der Waals surface area contributed by atoms with E-state index in [1.54, 1.807) is 38.3 Å². The highest BCUT2D eigenvalue weighted by Crippen LogP contribution is 2.33. The standard InChI is InChI=1S/C26H25F3N4O4S/c1-32(12-11-17-9-10-20(35-2)22(14-17)36-3)23(34)16-38-25-31-30-24(21-8-5-13-37-21)33(25)19-7-4-6-18(15-19)26(27,28)29/h4-10,13-15H,11-12,16H2,1-3H3. The molecule has 0 aliphatic rings. The van der Waals surface area contributed by atoms with Crippen LogP contribution in [0.15, 0.2) is 70.4 Å². The van der Waals surface area contributed by atoms with Gasteiger partial charge in [0.05, 0.1) is 37.5 Å². The summed E-state index contributed by atoms with van der Waals surface area (Å²) in [6.07, 6.45) is -2.49. The van der Waals surface area contributed by atoms with Crippen molar-refractivity contribution in [1.29, 1.82) is 0 Å². The van der Waals surface area contributed by atoms with Crippen LogP contribution in [0, 0.1) is 0 Å². The van der Waals surface area contributed by atoms with Crippen molar-refractivity contribution < 1.29 is 31.9 Å². The fraction of sp³-hybridized carbons (Fsp3) is 0.269. The molecule has 2 heterocycles. The summed E-state index contributed by atoms with van der Waals surface area (Å²) in [6, 6.07) is 13.7. The Morgan fingerprint density at radius 1 is 1.05 bits per heavy atom. The molecule has 0 N–H and O–H groups in total. The number of nitrogens with zero attached hydrogens (tertiary/aromatic N) is 4. The highest BCUT2D eigenvalue weighted by atomic mass is 32.2. The quantitative estimate of drug-likeness (QED) is 0.248. The van der Waals surface area contributed by atoms with Crippen molar-refractivity contribution in [3.8, 4) is 28.8 Å². The van der Waals surface area contributed by atoms with E-state index in [1.165, 1.54) is 23.0 Å². The van der Waals surface area contributed by atoms with Gasteiger partial charge in [-0.3, -0.25) is 9.36 Å². The zero-order valence-corrected chi connectivity index (χ0v) is 21.7. The summed E-state index contributed by atoms with van der Waals surface area (Å²) in [6.45, 7) is 0.451. The Kier molecular flexibility index (Phi) is 8.30. The first-order valence-electron chi connectivity index (χ1n) is 11.5. The summed E-state index contributed by atoms with van der Waals surface area (Å²) in [7, 11) is 4.81. The Morgan fingerprint density at radius 3 is 2.53 bits per heavy atom. The van der Waals surface area contributed by atoms with Crippen LogP contribution in [0.4, 0.5) is 13.2 Å². The number of alkyl halides is 3. The van der Waals surface area contributed by atoms with Gasteiger partial charge < -0.3 is 18.8 Å². The molecule has 1 amide bonds. The number of halogens is 3. The minimum atomic E-state index is -4.52. The lowest BCUT2D eigenvalue weighted by atomic mass is 10.1. The second kappa shape index (κ2) is 11.6. The predicted molar refractivity (Wildman–Crippen MR) is 136 cm³/mol. The van der Waals surface area contributed by atoms with E-state index in [2.05, 4.69) is 10.2 Å². The van der Waals surface area contributed by atoms with Gasteiger partial charge in [0.2, 0.25) is 11.7 Å². The molecule has 38 heavy (non-hydrogen) atoms. The molecule has 0 saturated heterocycles. The molecule has 4 rings (SSSR count). The molecule has 0 saturated carbocycles. The van der Waals surface area contributed by atoms with Crippen LogP contribution in [-0.4, -0.2) is 59.1 Å². The van der Waals surface area contributed by atoms with Crippen LogP contribution in [0.25, 0.3) is 17.3 Å². The van der Waals surface area contributed by atoms with Crippen molar-refractivity contribution >= 4 is 17.7 Å². The number of benzene rings is 2. The van der Waals surface area contributed by atoms with Gasteiger partial charge in [0.25, 0.3) is 0 Å². The molecule has 0 spiro atoms. The van der Waals surface area contributed by atoms with Gasteiger partial charge >= 0.3 is 6.18 Å². The molecular weight excluding hydrogens is 521 g/mol. The van der Waals surface area contributed by atoms with Crippen LogP contribution in [0.1, 0.15) is 11.1 Å². The van der Waals surface area contributed by atoms with Crippen molar-refractivity contribution in [2.75, 3.05) is 33.6 Å². The van der Waals surface area contributed by atoms with Gasteiger partial charge in [0.15, 0.2) is 22.4 Å². The molecule has 0 atom stereocenters. The first kappa shape index (κ1) is 27.1. The van der Waals surface area contributed by atoms with E-state index in [9.17, 15) is 18.0 Å². The first-order chi connectivity index (χ1) is 18.2. The number of amides is 1. The molecule has 4 aromatic rings. The van der Waals surface area contributed by atoms with Crippen molar-refractivity contribution in [2.24, 2.45) is 0 Å². The maximum absolute atomic E-state index is 13.4. The van der Waals surface area contributed by atoms with E-state index in [1.807, 2.05) is 18.2 Å². The molecule has 0 unspecified atom stereocenters. The molecule has 2 aromatic carbocycles. The van der Waals surface area contributed by atoms with Crippen LogP contribution in [-0.2, 0) is 17.4 Å². The summed E-state index contributed by atoms with van der Waals surface area (Å²) in [5.41, 5.74) is 0.367. The highest BCUT2D eigenvalue weighted by molar-refractivity contribution is 7.99. The van der Waals surface area contributed by atoms with Gasteiger partial charge in [-0.05, 0) is 54.4 Å². The molecule has 0 radical (unpaired) electrons. The number of likely N-dealkylation sites (N-methyl/N-ethyl adjacent to an activating group) is 1. The minimum absolute atomic E-state index is 0.0116. The Labute approximate surface area is 221 Å². The van der Waals surface area contributed by atoms with Gasteiger partial charge in [0, 0.05) is 13.6 Å². The summed E-state index contributed by atoms with van der Waals surface area (Å²) >= 11 is 1.08. The lowest BCUT2D eigenvalue weighted by molar-refractivity contribution is -0.137. The van der Waals surface area contributed by atoms with Crippen LogP contribution in [0.3, 0.4) is 0 Å². The van der Waals surface area contributed by atoms with Crippen molar-refractivity contribution in [2.45, 2.75) is 17.8 Å². The smallest absolute Gasteiger partial charge is 0.416 e.